The average molecular weight is 368 g/mol. The van der Waals surface area contributed by atoms with Gasteiger partial charge in [-0.3, -0.25) is 4.79 Å². The summed E-state index contributed by atoms with van der Waals surface area (Å²) in [4.78, 5) is 24.6. The zero-order valence-electron chi connectivity index (χ0n) is 13.0. The molecule has 7 heteroatoms. The van der Waals surface area contributed by atoms with Crippen molar-refractivity contribution in [2.45, 2.75) is 13.0 Å². The lowest BCUT2D eigenvalue weighted by atomic mass is 10.1. The number of rotatable bonds is 5. The number of benzene rings is 2. The first-order chi connectivity index (χ1) is 11.3. The molecule has 2 N–H and O–H groups in total. The Hall–Kier alpha value is -2.24. The van der Waals surface area contributed by atoms with Gasteiger partial charge in [-0.2, -0.15) is 0 Å². The summed E-state index contributed by atoms with van der Waals surface area (Å²) in [7, 11) is 1.39. The number of anilines is 1. The van der Waals surface area contributed by atoms with Crippen molar-refractivity contribution in [1.82, 2.24) is 0 Å². The van der Waals surface area contributed by atoms with Gasteiger partial charge in [0.15, 0.2) is 6.10 Å². The van der Waals surface area contributed by atoms with E-state index in [0.29, 0.717) is 10.6 Å². The number of Topliss-reactive ketones (excluding diaryl/α,β-unsaturated/α-hetero) is 1. The maximum Gasteiger partial charge on any atom is 0.342 e. The highest BCUT2D eigenvalue weighted by atomic mass is 35.5. The van der Waals surface area contributed by atoms with E-state index in [2.05, 4.69) is 0 Å². The molecule has 0 saturated carbocycles. The van der Waals surface area contributed by atoms with Gasteiger partial charge in [0.2, 0.25) is 5.78 Å². The molecular formula is C17H15Cl2NO4. The topological polar surface area (TPSA) is 78.6 Å². The minimum absolute atomic E-state index is 0.0902. The third-order valence-corrected chi connectivity index (χ3v) is 3.90. The molecule has 0 fully saturated rings. The van der Waals surface area contributed by atoms with Gasteiger partial charge >= 0.3 is 5.97 Å². The number of nitrogen functional groups attached to an aromatic ring is 1. The van der Waals surface area contributed by atoms with Crippen LogP contribution < -0.4 is 10.5 Å². The van der Waals surface area contributed by atoms with Crippen LogP contribution in [0.2, 0.25) is 10.0 Å². The predicted octanol–water partition coefficient (Wildman–Crippen LogP) is 4.01. The number of halogens is 2. The van der Waals surface area contributed by atoms with Crippen LogP contribution in [0.3, 0.4) is 0 Å². The lowest BCUT2D eigenvalue weighted by Gasteiger charge is -2.15. The lowest BCUT2D eigenvalue weighted by molar-refractivity contribution is 0.0316. The first kappa shape index (κ1) is 18.1. The average Bonchev–Trinajstić information content (AvgIpc) is 2.56. The molecule has 0 aliphatic heterocycles. The highest BCUT2D eigenvalue weighted by molar-refractivity contribution is 6.33. The Bertz CT molecular complexity index is 775. The zero-order valence-corrected chi connectivity index (χ0v) is 14.5. The fourth-order valence-electron chi connectivity index (χ4n) is 2.02. The van der Waals surface area contributed by atoms with Crippen molar-refractivity contribution in [1.29, 1.82) is 0 Å². The Kier molecular flexibility index (Phi) is 5.70. The van der Waals surface area contributed by atoms with E-state index in [0.717, 1.165) is 0 Å². The van der Waals surface area contributed by atoms with E-state index in [1.165, 1.54) is 26.2 Å². The summed E-state index contributed by atoms with van der Waals surface area (Å²) in [5.41, 5.74) is 6.43. The van der Waals surface area contributed by atoms with E-state index in [1.54, 1.807) is 24.3 Å². The SMILES string of the molecule is COc1cc(N)c(Cl)cc1C(=O)O[C@@H](C)C(=O)c1ccc(Cl)cc1. The van der Waals surface area contributed by atoms with Crippen LogP contribution in [0, 0.1) is 0 Å². The van der Waals surface area contributed by atoms with Crippen molar-refractivity contribution in [3.05, 3.63) is 57.6 Å². The van der Waals surface area contributed by atoms with Crippen LogP contribution in [-0.4, -0.2) is 25.0 Å². The van der Waals surface area contributed by atoms with Crippen LogP contribution >= 0.6 is 23.2 Å². The van der Waals surface area contributed by atoms with E-state index >= 15 is 0 Å². The molecule has 0 unspecified atom stereocenters. The van der Waals surface area contributed by atoms with Crippen molar-refractivity contribution in [2.75, 3.05) is 12.8 Å². The Morgan fingerprint density at radius 2 is 1.75 bits per heavy atom. The molecule has 0 spiro atoms. The van der Waals surface area contributed by atoms with Crippen molar-refractivity contribution < 1.29 is 19.1 Å². The Balaban J connectivity index is 2.18. The van der Waals surface area contributed by atoms with Gasteiger partial charge in [0.05, 0.1) is 17.8 Å². The molecule has 0 aliphatic rings. The summed E-state index contributed by atoms with van der Waals surface area (Å²) < 4.78 is 10.3. The van der Waals surface area contributed by atoms with Crippen molar-refractivity contribution in [2.24, 2.45) is 0 Å². The summed E-state index contributed by atoms with van der Waals surface area (Å²) >= 11 is 11.7. The van der Waals surface area contributed by atoms with Crippen LogP contribution in [0.5, 0.6) is 5.75 Å². The third kappa shape index (κ3) is 3.99. The maximum absolute atomic E-state index is 12.3. The second-order valence-electron chi connectivity index (χ2n) is 4.99. The number of hydrogen-bond donors (Lipinski definition) is 1. The van der Waals surface area contributed by atoms with E-state index in [9.17, 15) is 9.59 Å². The van der Waals surface area contributed by atoms with Gasteiger partial charge in [-0.15, -0.1) is 0 Å². The Morgan fingerprint density at radius 3 is 2.33 bits per heavy atom. The molecule has 0 aliphatic carbocycles. The van der Waals surface area contributed by atoms with E-state index in [-0.39, 0.29) is 27.8 Å². The second-order valence-corrected chi connectivity index (χ2v) is 5.84. The van der Waals surface area contributed by atoms with Gasteiger partial charge in [0.25, 0.3) is 0 Å². The fourth-order valence-corrected chi connectivity index (χ4v) is 2.31. The molecule has 2 rings (SSSR count). The molecule has 0 bridgehead atoms. The van der Waals surface area contributed by atoms with Gasteiger partial charge in [-0.25, -0.2) is 4.79 Å². The Labute approximate surface area is 149 Å². The Morgan fingerprint density at radius 1 is 1.12 bits per heavy atom. The second kappa shape index (κ2) is 7.55. The summed E-state index contributed by atoms with van der Waals surface area (Å²) in [6.45, 7) is 1.49. The van der Waals surface area contributed by atoms with Gasteiger partial charge in [-0.05, 0) is 37.3 Å². The third-order valence-electron chi connectivity index (χ3n) is 3.32. The number of carbonyl (C=O) groups is 2. The molecule has 0 radical (unpaired) electrons. The number of carbonyl (C=O) groups excluding carboxylic acids is 2. The van der Waals surface area contributed by atoms with Crippen molar-refractivity contribution in [3.8, 4) is 5.75 Å². The molecule has 0 amide bonds. The summed E-state index contributed by atoms with van der Waals surface area (Å²) in [6.07, 6.45) is -0.986. The van der Waals surface area contributed by atoms with Crippen LogP contribution in [0.15, 0.2) is 36.4 Å². The monoisotopic (exact) mass is 367 g/mol. The molecular weight excluding hydrogens is 353 g/mol. The highest BCUT2D eigenvalue weighted by Crippen LogP contribution is 2.29. The number of hydrogen-bond acceptors (Lipinski definition) is 5. The molecule has 1 atom stereocenters. The fraction of sp³-hybridized carbons (Fsp3) is 0.176. The minimum atomic E-state index is -0.986. The largest absolute Gasteiger partial charge is 0.496 e. The number of esters is 1. The van der Waals surface area contributed by atoms with Crippen LogP contribution in [0.25, 0.3) is 0 Å². The van der Waals surface area contributed by atoms with Gasteiger partial charge in [-0.1, -0.05) is 23.2 Å². The minimum Gasteiger partial charge on any atom is -0.496 e. The number of ketones is 1. The number of methoxy groups -OCH3 is 1. The summed E-state index contributed by atoms with van der Waals surface area (Å²) in [6, 6.07) is 9.08. The van der Waals surface area contributed by atoms with Crippen LogP contribution in [-0.2, 0) is 4.74 Å². The molecule has 0 saturated heterocycles. The molecule has 24 heavy (non-hydrogen) atoms. The van der Waals surface area contributed by atoms with Gasteiger partial charge in [0, 0.05) is 16.7 Å². The molecule has 0 heterocycles. The van der Waals surface area contributed by atoms with E-state index in [1.807, 2.05) is 0 Å². The van der Waals surface area contributed by atoms with Gasteiger partial charge in [0.1, 0.15) is 11.3 Å². The standard InChI is InChI=1S/C17H15Cl2NO4/c1-9(16(21)10-3-5-11(18)6-4-10)24-17(22)12-7-13(19)14(20)8-15(12)23-2/h3-9H,20H2,1-2H3/t9-/m0/s1. The quantitative estimate of drug-likeness (QED) is 0.490. The van der Waals surface area contributed by atoms with Gasteiger partial charge < -0.3 is 15.2 Å². The first-order valence-corrected chi connectivity index (χ1v) is 7.73. The molecule has 0 aromatic heterocycles. The molecule has 126 valence electrons. The van der Waals surface area contributed by atoms with Crippen LogP contribution in [0.4, 0.5) is 5.69 Å². The zero-order chi connectivity index (χ0) is 17.9. The lowest BCUT2D eigenvalue weighted by Crippen LogP contribution is -2.24. The van der Waals surface area contributed by atoms with Crippen molar-refractivity contribution >= 4 is 40.6 Å². The molecule has 2 aromatic carbocycles. The summed E-state index contributed by atoms with van der Waals surface area (Å²) in [5, 5.41) is 0.705. The molecule has 5 nitrogen and oxygen atoms in total. The normalized spacial score (nSPS) is 11.7. The number of nitrogens with two attached hydrogens (primary N) is 1. The predicted molar refractivity (Wildman–Crippen MR) is 93.1 cm³/mol. The van der Waals surface area contributed by atoms with Crippen molar-refractivity contribution in [3.63, 3.8) is 0 Å². The first-order valence-electron chi connectivity index (χ1n) is 6.97. The molecule has 2 aromatic rings. The van der Waals surface area contributed by atoms with Crippen LogP contribution in [0.1, 0.15) is 27.6 Å². The number of ether oxygens (including phenoxy) is 2. The smallest absolute Gasteiger partial charge is 0.342 e. The highest BCUT2D eigenvalue weighted by Gasteiger charge is 2.23. The van der Waals surface area contributed by atoms with E-state index < -0.39 is 12.1 Å². The van der Waals surface area contributed by atoms with E-state index in [4.69, 9.17) is 38.4 Å². The maximum atomic E-state index is 12.3. The summed E-state index contributed by atoms with van der Waals surface area (Å²) in [5.74, 6) is -0.864.